The Kier molecular flexibility index (Phi) is 6.00. The Hall–Kier alpha value is -3.26. The largest absolute Gasteiger partial charge is 0.328 e. The second kappa shape index (κ2) is 8.62. The lowest BCUT2D eigenvalue weighted by Gasteiger charge is -2.07. The van der Waals surface area contributed by atoms with Crippen molar-refractivity contribution < 1.29 is 9.59 Å². The molecule has 8 heteroatoms. The summed E-state index contributed by atoms with van der Waals surface area (Å²) in [5.41, 5.74) is 3.23. The van der Waals surface area contributed by atoms with Crippen molar-refractivity contribution in [2.75, 3.05) is 10.6 Å². The number of pyridine rings is 1. The van der Waals surface area contributed by atoms with E-state index in [0.29, 0.717) is 17.2 Å². The molecule has 3 rings (SSSR count). The summed E-state index contributed by atoms with van der Waals surface area (Å²) in [6.45, 7) is 3.97. The van der Waals surface area contributed by atoms with Gasteiger partial charge in [0.15, 0.2) is 5.13 Å². The third-order valence-electron chi connectivity index (χ3n) is 3.95. The maximum absolute atomic E-state index is 12.2. The second-order valence-corrected chi connectivity index (χ2v) is 7.29. The zero-order valence-electron chi connectivity index (χ0n) is 15.5. The highest BCUT2D eigenvalue weighted by Crippen LogP contribution is 2.18. The number of benzene rings is 1. The van der Waals surface area contributed by atoms with Crippen molar-refractivity contribution >= 4 is 34.0 Å². The van der Waals surface area contributed by atoms with Gasteiger partial charge in [-0.1, -0.05) is 6.07 Å². The van der Waals surface area contributed by atoms with Crippen molar-refractivity contribution in [1.29, 1.82) is 0 Å². The van der Waals surface area contributed by atoms with Gasteiger partial charge in [-0.2, -0.15) is 0 Å². The van der Waals surface area contributed by atoms with E-state index in [1.54, 1.807) is 11.4 Å². The maximum atomic E-state index is 12.2. The molecule has 3 aromatic rings. The molecule has 0 saturated heterocycles. The summed E-state index contributed by atoms with van der Waals surface area (Å²) in [4.78, 5) is 42.7. The van der Waals surface area contributed by atoms with Gasteiger partial charge in [-0.3, -0.25) is 19.7 Å². The number of nitrogens with one attached hydrogen (secondary N) is 3. The fourth-order valence-electron chi connectivity index (χ4n) is 2.76. The summed E-state index contributed by atoms with van der Waals surface area (Å²) in [5, 5.41) is 7.67. The van der Waals surface area contributed by atoms with Crippen LogP contribution < -0.4 is 16.2 Å². The van der Waals surface area contributed by atoms with E-state index >= 15 is 0 Å². The van der Waals surface area contributed by atoms with E-state index in [1.807, 2.05) is 32.0 Å². The third kappa shape index (κ3) is 5.14. The average molecular weight is 396 g/mol. The van der Waals surface area contributed by atoms with Crippen LogP contribution in [0.25, 0.3) is 0 Å². The molecular formula is C20H20N4O3S. The summed E-state index contributed by atoms with van der Waals surface area (Å²) in [6.07, 6.45) is 2.20. The lowest BCUT2D eigenvalue weighted by Crippen LogP contribution is -2.22. The minimum absolute atomic E-state index is 0.0204. The number of aromatic amines is 1. The van der Waals surface area contributed by atoms with Gasteiger partial charge < -0.3 is 10.3 Å². The van der Waals surface area contributed by atoms with Gasteiger partial charge in [0, 0.05) is 23.7 Å². The summed E-state index contributed by atoms with van der Waals surface area (Å²) >= 11 is 1.25. The lowest BCUT2D eigenvalue weighted by molar-refractivity contribution is -0.116. The molecule has 0 fully saturated rings. The molecule has 28 heavy (non-hydrogen) atoms. The van der Waals surface area contributed by atoms with E-state index < -0.39 is 11.5 Å². The standard InChI is InChI=1S/C20H20N4O3S/c1-12-8-13(2)10-15(9-12)22-17(25)6-5-14-11-28-20(23-14)24-19(27)16-4-3-7-21-18(16)26/h3-4,7-11H,5-6H2,1-2H3,(H,21,26)(H,22,25)(H,23,24,27). The van der Waals surface area contributed by atoms with Gasteiger partial charge in [-0.25, -0.2) is 4.98 Å². The number of hydrogen-bond donors (Lipinski definition) is 3. The first-order valence-electron chi connectivity index (χ1n) is 8.72. The van der Waals surface area contributed by atoms with Crippen LogP contribution in [0, 0.1) is 13.8 Å². The Bertz CT molecular complexity index is 1050. The highest BCUT2D eigenvalue weighted by Gasteiger charge is 2.13. The zero-order chi connectivity index (χ0) is 20.1. The average Bonchev–Trinajstić information content (AvgIpc) is 3.07. The molecule has 0 aliphatic rings. The molecule has 0 unspecified atom stereocenters. The van der Waals surface area contributed by atoms with Gasteiger partial charge in [-0.05, 0) is 55.7 Å². The molecule has 0 aliphatic heterocycles. The van der Waals surface area contributed by atoms with E-state index in [2.05, 4.69) is 20.6 Å². The molecular weight excluding hydrogens is 376 g/mol. The first kappa shape index (κ1) is 19.5. The maximum Gasteiger partial charge on any atom is 0.263 e. The van der Waals surface area contributed by atoms with Crippen molar-refractivity contribution in [2.24, 2.45) is 0 Å². The second-order valence-electron chi connectivity index (χ2n) is 6.44. The first-order valence-corrected chi connectivity index (χ1v) is 9.60. The topological polar surface area (TPSA) is 104 Å². The molecule has 2 amide bonds. The number of nitrogens with zero attached hydrogens (tertiary/aromatic N) is 1. The van der Waals surface area contributed by atoms with Crippen LogP contribution in [0.2, 0.25) is 0 Å². The predicted octanol–water partition coefficient (Wildman–Crippen LogP) is 3.27. The van der Waals surface area contributed by atoms with E-state index in [-0.39, 0.29) is 17.9 Å². The highest BCUT2D eigenvalue weighted by molar-refractivity contribution is 7.14. The van der Waals surface area contributed by atoms with Crippen LogP contribution >= 0.6 is 11.3 Å². The van der Waals surface area contributed by atoms with Gasteiger partial charge in [0.2, 0.25) is 5.91 Å². The Labute approximate surface area is 165 Å². The van der Waals surface area contributed by atoms with E-state index in [1.165, 1.54) is 23.6 Å². The Morgan fingerprint density at radius 3 is 2.61 bits per heavy atom. The van der Waals surface area contributed by atoms with Crippen LogP contribution in [-0.4, -0.2) is 21.8 Å². The number of H-pyrrole nitrogens is 1. The first-order chi connectivity index (χ1) is 13.4. The zero-order valence-corrected chi connectivity index (χ0v) is 16.4. The SMILES string of the molecule is Cc1cc(C)cc(NC(=O)CCc2csc(NC(=O)c3ccc[nH]c3=O)n2)c1. The Morgan fingerprint density at radius 2 is 1.89 bits per heavy atom. The molecule has 3 N–H and O–H groups in total. The number of carbonyl (C=O) groups excluding carboxylic acids is 2. The number of aryl methyl sites for hydroxylation is 3. The number of thiazole rings is 1. The summed E-state index contributed by atoms with van der Waals surface area (Å²) in [6, 6.07) is 8.92. The molecule has 0 atom stereocenters. The van der Waals surface area contributed by atoms with Crippen LogP contribution in [-0.2, 0) is 11.2 Å². The highest BCUT2D eigenvalue weighted by atomic mass is 32.1. The van der Waals surface area contributed by atoms with E-state index in [4.69, 9.17) is 0 Å². The number of hydrogen-bond acceptors (Lipinski definition) is 5. The molecule has 2 heterocycles. The number of aromatic nitrogens is 2. The molecule has 0 saturated carbocycles. The molecule has 0 bridgehead atoms. The normalized spacial score (nSPS) is 10.5. The number of rotatable bonds is 6. The van der Waals surface area contributed by atoms with Gasteiger partial charge in [0.1, 0.15) is 5.56 Å². The summed E-state index contributed by atoms with van der Waals surface area (Å²) in [7, 11) is 0. The molecule has 144 valence electrons. The summed E-state index contributed by atoms with van der Waals surface area (Å²) in [5.74, 6) is -0.616. The Morgan fingerprint density at radius 1 is 1.14 bits per heavy atom. The van der Waals surface area contributed by atoms with Gasteiger partial charge in [0.25, 0.3) is 11.5 Å². The van der Waals surface area contributed by atoms with Crippen LogP contribution in [0.4, 0.5) is 10.8 Å². The number of anilines is 2. The molecule has 0 aliphatic carbocycles. The van der Waals surface area contributed by atoms with Crippen molar-refractivity contribution in [3.05, 3.63) is 74.6 Å². The minimum Gasteiger partial charge on any atom is -0.328 e. The molecule has 1 aromatic carbocycles. The van der Waals surface area contributed by atoms with Crippen molar-refractivity contribution in [3.8, 4) is 0 Å². The van der Waals surface area contributed by atoms with E-state index in [9.17, 15) is 14.4 Å². The lowest BCUT2D eigenvalue weighted by atomic mass is 10.1. The van der Waals surface area contributed by atoms with Crippen LogP contribution in [0.5, 0.6) is 0 Å². The van der Waals surface area contributed by atoms with Gasteiger partial charge in [0.05, 0.1) is 5.69 Å². The smallest absolute Gasteiger partial charge is 0.263 e. The molecule has 0 radical (unpaired) electrons. The molecule has 7 nitrogen and oxygen atoms in total. The van der Waals surface area contributed by atoms with Crippen LogP contribution in [0.1, 0.15) is 33.6 Å². The third-order valence-corrected chi connectivity index (χ3v) is 4.76. The fraction of sp³-hybridized carbons (Fsp3) is 0.200. The van der Waals surface area contributed by atoms with Gasteiger partial charge >= 0.3 is 0 Å². The van der Waals surface area contributed by atoms with Crippen LogP contribution in [0.15, 0.2) is 46.7 Å². The van der Waals surface area contributed by atoms with Gasteiger partial charge in [-0.15, -0.1) is 11.3 Å². The van der Waals surface area contributed by atoms with Crippen molar-refractivity contribution in [1.82, 2.24) is 9.97 Å². The minimum atomic E-state index is -0.518. The fourth-order valence-corrected chi connectivity index (χ4v) is 3.50. The quantitative estimate of drug-likeness (QED) is 0.595. The predicted molar refractivity (Wildman–Crippen MR) is 110 cm³/mol. The molecule has 0 spiro atoms. The Balaban J connectivity index is 1.54. The molecule has 2 aromatic heterocycles. The van der Waals surface area contributed by atoms with Crippen molar-refractivity contribution in [3.63, 3.8) is 0 Å². The number of carbonyl (C=O) groups is 2. The number of amides is 2. The summed E-state index contributed by atoms with van der Waals surface area (Å²) < 4.78 is 0. The van der Waals surface area contributed by atoms with Crippen LogP contribution in [0.3, 0.4) is 0 Å². The van der Waals surface area contributed by atoms with E-state index in [0.717, 1.165) is 16.8 Å². The monoisotopic (exact) mass is 396 g/mol. The van der Waals surface area contributed by atoms with Crippen molar-refractivity contribution in [2.45, 2.75) is 26.7 Å².